The van der Waals surface area contributed by atoms with E-state index in [0.29, 0.717) is 22.7 Å². The van der Waals surface area contributed by atoms with E-state index in [1.807, 2.05) is 12.1 Å². The molecule has 8 heteroatoms. The van der Waals surface area contributed by atoms with Crippen molar-refractivity contribution in [2.45, 2.75) is 0 Å². The van der Waals surface area contributed by atoms with Crippen molar-refractivity contribution < 1.29 is 20.1 Å². The molecule has 0 heterocycles. The maximum Gasteiger partial charge on any atom is 0.252 e. The van der Waals surface area contributed by atoms with Crippen LogP contribution in [0.15, 0.2) is 47.6 Å². The van der Waals surface area contributed by atoms with E-state index in [4.69, 9.17) is 32.2 Å². The average molecular weight is 303 g/mol. The molecule has 0 amide bonds. The number of benzene rings is 2. The van der Waals surface area contributed by atoms with E-state index in [0.717, 1.165) is 5.69 Å². The molecule has 0 fully saturated rings. The van der Waals surface area contributed by atoms with Crippen LogP contribution in [0.1, 0.15) is 0 Å². The molecule has 116 valence electrons. The molecule has 0 aliphatic carbocycles. The van der Waals surface area contributed by atoms with Gasteiger partial charge in [-0.15, -0.1) is 0 Å². The van der Waals surface area contributed by atoms with E-state index in [9.17, 15) is 0 Å². The number of nitrogens with one attached hydrogen (secondary N) is 1. The molecule has 0 radical (unpaired) electrons. The van der Waals surface area contributed by atoms with Gasteiger partial charge in [-0.25, -0.2) is 0 Å². The molecule has 8 nitrogen and oxygen atoms in total. The maximum atomic E-state index is 9.01. The third kappa shape index (κ3) is 5.88. The van der Waals surface area contributed by atoms with Gasteiger partial charge in [0, 0.05) is 17.4 Å². The minimum Gasteiger partial charge on any atom is -0.548 e. The topological polar surface area (TPSA) is 165 Å². The van der Waals surface area contributed by atoms with E-state index in [1.54, 1.807) is 30.3 Å². The summed E-state index contributed by atoms with van der Waals surface area (Å²) >= 11 is 0. The highest BCUT2D eigenvalue weighted by atomic mass is 16.4. The number of aliphatic carboxylic acids is 1. The Kier molecular flexibility index (Phi) is 6.32. The Morgan fingerprint density at radius 2 is 1.77 bits per heavy atom. The molecule has 0 unspecified atom stereocenters. The van der Waals surface area contributed by atoms with Gasteiger partial charge in [0.05, 0.1) is 12.6 Å². The average Bonchev–Trinajstić information content (AvgIpc) is 2.47. The van der Waals surface area contributed by atoms with Crippen molar-refractivity contribution in [1.82, 2.24) is 0 Å². The van der Waals surface area contributed by atoms with Crippen LogP contribution in [0.5, 0.6) is 0 Å². The predicted molar refractivity (Wildman–Crippen MR) is 80.9 cm³/mol. The third-order valence-electron chi connectivity index (χ3n) is 2.38. The first-order valence-electron chi connectivity index (χ1n) is 6.20. The summed E-state index contributed by atoms with van der Waals surface area (Å²) in [4.78, 5) is 9.01. The molecule has 0 spiro atoms. The van der Waals surface area contributed by atoms with Gasteiger partial charge in [0.25, 0.3) is 5.69 Å². The highest BCUT2D eigenvalue weighted by Gasteiger charge is 2.03. The summed E-state index contributed by atoms with van der Waals surface area (Å²) in [6.07, 6.45) is 0. The standard InChI is InChI=1S/C12H13N5.C2H4O3/c13-8-2-1-3-10(6-8)16-17-12-5-4-9(14)7-11(12)15;3-1-2(4)5/h1-7H,13-15H2;3H,1H2,(H,4,5). The van der Waals surface area contributed by atoms with Crippen molar-refractivity contribution in [1.29, 1.82) is 0 Å². The van der Waals surface area contributed by atoms with Crippen molar-refractivity contribution in [2.75, 3.05) is 23.8 Å². The first-order valence-corrected chi connectivity index (χ1v) is 6.20. The zero-order valence-corrected chi connectivity index (χ0v) is 11.7. The second kappa shape index (κ2) is 8.22. The highest BCUT2D eigenvalue weighted by Crippen LogP contribution is 2.17. The SMILES string of the molecule is Nc1cccc(N=[NH+]c2ccc(N)cc2N)c1.O=C([O-])CO. The lowest BCUT2D eigenvalue weighted by Gasteiger charge is -1.95. The molecule has 0 atom stereocenters. The molecule has 0 aliphatic heterocycles. The number of nitrogens with zero attached hydrogens (tertiary/aromatic N) is 1. The lowest BCUT2D eigenvalue weighted by atomic mass is 10.2. The number of carbonyl (C=O) groups excluding carboxylic acids is 1. The van der Waals surface area contributed by atoms with Gasteiger partial charge in [0.15, 0.2) is 0 Å². The molecular weight excluding hydrogens is 286 g/mol. The van der Waals surface area contributed by atoms with E-state index >= 15 is 0 Å². The van der Waals surface area contributed by atoms with Crippen LogP contribution in [0.3, 0.4) is 0 Å². The molecule has 0 bridgehead atoms. The molecule has 0 aromatic heterocycles. The number of hydrogen-bond donors (Lipinski definition) is 5. The Labute approximate surface area is 126 Å². The largest absolute Gasteiger partial charge is 0.548 e. The quantitative estimate of drug-likeness (QED) is 0.347. The number of azo groups is 1. The molecule has 22 heavy (non-hydrogen) atoms. The molecule has 0 aliphatic rings. The fourth-order valence-electron chi connectivity index (χ4n) is 1.40. The number of nitrogens with two attached hydrogens (primary N) is 3. The predicted octanol–water partition coefficient (Wildman–Crippen LogP) is -1.34. The third-order valence-corrected chi connectivity index (χ3v) is 2.38. The number of aliphatic hydroxyl groups excluding tert-OH is 1. The van der Waals surface area contributed by atoms with Crippen LogP contribution in [0.2, 0.25) is 0 Å². The zero-order chi connectivity index (χ0) is 16.5. The summed E-state index contributed by atoms with van der Waals surface area (Å²) in [6.45, 7) is -0.889. The van der Waals surface area contributed by atoms with Gasteiger partial charge < -0.3 is 32.2 Å². The van der Waals surface area contributed by atoms with Crippen molar-refractivity contribution >= 4 is 34.4 Å². The summed E-state index contributed by atoms with van der Waals surface area (Å²) in [5.74, 6) is -1.44. The van der Waals surface area contributed by atoms with E-state index in [-0.39, 0.29) is 0 Å². The minimum atomic E-state index is -1.44. The van der Waals surface area contributed by atoms with Crippen LogP contribution in [0, 0.1) is 0 Å². The monoisotopic (exact) mass is 303 g/mol. The van der Waals surface area contributed by atoms with Crippen LogP contribution in [0.25, 0.3) is 0 Å². The van der Waals surface area contributed by atoms with Gasteiger partial charge >= 0.3 is 0 Å². The number of carbonyl (C=O) groups is 1. The summed E-state index contributed by atoms with van der Waals surface area (Å²) in [5.41, 5.74) is 20.3. The van der Waals surface area contributed by atoms with Gasteiger partial charge in [-0.3, -0.25) is 0 Å². The Balaban J connectivity index is 0.000000422. The molecule has 2 rings (SSSR count). The number of rotatable bonds is 3. The summed E-state index contributed by atoms with van der Waals surface area (Å²) < 4.78 is 0. The van der Waals surface area contributed by atoms with Crippen molar-refractivity contribution in [2.24, 2.45) is 5.11 Å². The van der Waals surface area contributed by atoms with Gasteiger partial charge in [-0.1, -0.05) is 11.2 Å². The summed E-state index contributed by atoms with van der Waals surface area (Å²) in [7, 11) is 0. The molecule has 8 N–H and O–H groups in total. The van der Waals surface area contributed by atoms with E-state index < -0.39 is 12.6 Å². The van der Waals surface area contributed by atoms with Crippen molar-refractivity contribution in [3.8, 4) is 0 Å². The zero-order valence-electron chi connectivity index (χ0n) is 11.7. The molecular formula is C14H17N5O3. The number of carboxylic acids is 1. The minimum absolute atomic E-state index is 0.553. The lowest BCUT2D eigenvalue weighted by Crippen LogP contribution is -2.57. The highest BCUT2D eigenvalue weighted by molar-refractivity contribution is 5.65. The number of anilines is 3. The Bertz CT molecular complexity index is 673. The number of aliphatic hydroxyl groups is 1. The Hall–Kier alpha value is -3.13. The van der Waals surface area contributed by atoms with Gasteiger partial charge in [-0.2, -0.15) is 0 Å². The first kappa shape index (κ1) is 16.9. The Morgan fingerprint density at radius 3 is 2.32 bits per heavy atom. The number of nitrogen functional groups attached to an aromatic ring is 3. The van der Waals surface area contributed by atoms with Gasteiger partial charge in [0.1, 0.15) is 11.4 Å². The second-order valence-electron chi connectivity index (χ2n) is 4.20. The van der Waals surface area contributed by atoms with Crippen molar-refractivity contribution in [3.63, 3.8) is 0 Å². The number of hydrogen-bond acceptors (Lipinski definition) is 7. The Morgan fingerprint density at radius 1 is 1.14 bits per heavy atom. The smallest absolute Gasteiger partial charge is 0.252 e. The molecule has 0 saturated carbocycles. The summed E-state index contributed by atoms with van der Waals surface area (Å²) in [5, 5.41) is 23.5. The fraction of sp³-hybridized carbons (Fsp3) is 0.0714. The van der Waals surface area contributed by atoms with Crippen LogP contribution >= 0.6 is 0 Å². The van der Waals surface area contributed by atoms with Crippen LogP contribution < -0.4 is 27.4 Å². The normalized spacial score (nSPS) is 10.0. The van der Waals surface area contributed by atoms with Crippen LogP contribution in [0.4, 0.5) is 28.4 Å². The maximum absolute atomic E-state index is 9.01. The fourth-order valence-corrected chi connectivity index (χ4v) is 1.40. The van der Waals surface area contributed by atoms with E-state index in [2.05, 4.69) is 10.2 Å². The van der Waals surface area contributed by atoms with Gasteiger partial charge in [-0.05, 0) is 35.4 Å². The number of carboxylic acid groups (broad SMARTS) is 1. The van der Waals surface area contributed by atoms with Crippen molar-refractivity contribution in [3.05, 3.63) is 42.5 Å². The summed E-state index contributed by atoms with van der Waals surface area (Å²) in [6, 6.07) is 12.5. The van der Waals surface area contributed by atoms with E-state index in [1.165, 1.54) is 0 Å². The molecule has 2 aromatic carbocycles. The molecule has 2 aromatic rings. The molecule has 0 saturated heterocycles. The van der Waals surface area contributed by atoms with Crippen LogP contribution in [-0.4, -0.2) is 17.7 Å². The second-order valence-corrected chi connectivity index (χ2v) is 4.20. The first-order chi connectivity index (χ1) is 10.4. The van der Waals surface area contributed by atoms with Crippen LogP contribution in [-0.2, 0) is 4.79 Å². The van der Waals surface area contributed by atoms with Gasteiger partial charge in [0.2, 0.25) is 0 Å². The lowest BCUT2D eigenvalue weighted by molar-refractivity contribution is -0.432.